The lowest BCUT2D eigenvalue weighted by molar-refractivity contribution is 0.102. The van der Waals surface area contributed by atoms with Gasteiger partial charge in [-0.15, -0.1) is 11.3 Å². The van der Waals surface area contributed by atoms with Crippen LogP contribution in [0, 0.1) is 18.6 Å². The first-order valence-electron chi connectivity index (χ1n) is 6.16. The van der Waals surface area contributed by atoms with Crippen LogP contribution in [0.15, 0.2) is 36.4 Å². The van der Waals surface area contributed by atoms with Gasteiger partial charge in [-0.3, -0.25) is 4.79 Å². The van der Waals surface area contributed by atoms with Gasteiger partial charge in [-0.2, -0.15) is 0 Å². The summed E-state index contributed by atoms with van der Waals surface area (Å²) in [6.45, 7) is 1.90. The van der Waals surface area contributed by atoms with Gasteiger partial charge >= 0.3 is 0 Å². The molecule has 1 amide bonds. The van der Waals surface area contributed by atoms with E-state index in [2.05, 4.69) is 10.3 Å². The SMILES string of the molecule is Cc1nc2ccc(NC(=O)c3ccc(F)cc3F)cc2s1. The summed E-state index contributed by atoms with van der Waals surface area (Å²) in [5.41, 5.74) is 1.19. The molecule has 1 N–H and O–H groups in total. The molecule has 0 atom stereocenters. The number of thiazole rings is 1. The summed E-state index contributed by atoms with van der Waals surface area (Å²) in [6.07, 6.45) is 0. The quantitative estimate of drug-likeness (QED) is 0.773. The largest absolute Gasteiger partial charge is 0.322 e. The first-order valence-corrected chi connectivity index (χ1v) is 6.98. The number of nitrogens with zero attached hydrogens (tertiary/aromatic N) is 1. The van der Waals surface area contributed by atoms with Gasteiger partial charge in [0.2, 0.25) is 0 Å². The van der Waals surface area contributed by atoms with Crippen molar-refractivity contribution in [3.63, 3.8) is 0 Å². The van der Waals surface area contributed by atoms with Crippen molar-refractivity contribution >= 4 is 33.1 Å². The van der Waals surface area contributed by atoms with E-state index in [4.69, 9.17) is 0 Å². The Hall–Kier alpha value is -2.34. The molecule has 3 rings (SSSR count). The number of anilines is 1. The van der Waals surface area contributed by atoms with Crippen LogP contribution in [0.3, 0.4) is 0 Å². The number of amides is 1. The molecule has 0 spiro atoms. The topological polar surface area (TPSA) is 42.0 Å². The molecule has 3 aromatic rings. The molecule has 3 nitrogen and oxygen atoms in total. The second-order valence-corrected chi connectivity index (χ2v) is 5.73. The molecule has 0 saturated heterocycles. The molecular weight excluding hydrogens is 294 g/mol. The van der Waals surface area contributed by atoms with E-state index in [1.54, 1.807) is 18.2 Å². The van der Waals surface area contributed by atoms with Gasteiger partial charge in [0.25, 0.3) is 5.91 Å². The van der Waals surface area contributed by atoms with E-state index in [1.807, 2.05) is 6.92 Å². The summed E-state index contributed by atoms with van der Waals surface area (Å²) in [4.78, 5) is 16.3. The van der Waals surface area contributed by atoms with E-state index in [0.29, 0.717) is 11.8 Å². The number of carbonyl (C=O) groups is 1. The van der Waals surface area contributed by atoms with Gasteiger partial charge in [-0.1, -0.05) is 0 Å². The van der Waals surface area contributed by atoms with Crippen LogP contribution < -0.4 is 5.32 Å². The molecule has 0 aliphatic heterocycles. The number of benzene rings is 2. The third kappa shape index (κ3) is 2.75. The lowest BCUT2D eigenvalue weighted by Gasteiger charge is -2.06. The fourth-order valence-electron chi connectivity index (χ4n) is 1.99. The van der Waals surface area contributed by atoms with Crippen LogP contribution in [0.2, 0.25) is 0 Å². The minimum absolute atomic E-state index is 0.197. The van der Waals surface area contributed by atoms with Crippen molar-refractivity contribution in [2.24, 2.45) is 0 Å². The van der Waals surface area contributed by atoms with E-state index >= 15 is 0 Å². The highest BCUT2D eigenvalue weighted by atomic mass is 32.1. The number of hydrogen-bond donors (Lipinski definition) is 1. The van der Waals surface area contributed by atoms with Gasteiger partial charge < -0.3 is 5.32 Å². The zero-order valence-corrected chi connectivity index (χ0v) is 11.8. The first-order chi connectivity index (χ1) is 10.0. The molecule has 0 radical (unpaired) electrons. The lowest BCUT2D eigenvalue weighted by atomic mass is 10.2. The number of rotatable bonds is 2. The molecule has 2 aromatic carbocycles. The maximum Gasteiger partial charge on any atom is 0.258 e. The number of hydrogen-bond acceptors (Lipinski definition) is 3. The van der Waals surface area contributed by atoms with Crippen LogP contribution >= 0.6 is 11.3 Å². The summed E-state index contributed by atoms with van der Waals surface area (Å²) in [6, 6.07) is 8.11. The Labute approximate surface area is 123 Å². The van der Waals surface area contributed by atoms with Crippen molar-refractivity contribution in [2.75, 3.05) is 5.32 Å². The number of aromatic nitrogens is 1. The maximum absolute atomic E-state index is 13.6. The Balaban J connectivity index is 1.88. The standard InChI is InChI=1S/C15H10F2N2OS/c1-8-18-13-5-3-10(7-14(13)21-8)19-15(20)11-4-2-9(16)6-12(11)17/h2-7H,1H3,(H,19,20). The van der Waals surface area contributed by atoms with E-state index < -0.39 is 17.5 Å². The first kappa shape index (κ1) is 13.6. The molecule has 21 heavy (non-hydrogen) atoms. The molecular formula is C15H10F2N2OS. The van der Waals surface area contributed by atoms with E-state index in [9.17, 15) is 13.6 Å². The van der Waals surface area contributed by atoms with Crippen LogP contribution in [0.1, 0.15) is 15.4 Å². The second-order valence-electron chi connectivity index (χ2n) is 4.49. The molecule has 1 heterocycles. The van der Waals surface area contributed by atoms with Crippen molar-refractivity contribution in [3.05, 3.63) is 58.6 Å². The Bertz CT molecular complexity index is 845. The Kier molecular flexibility index (Phi) is 3.39. The van der Waals surface area contributed by atoms with Crippen molar-refractivity contribution in [1.82, 2.24) is 4.98 Å². The minimum Gasteiger partial charge on any atom is -0.322 e. The molecule has 6 heteroatoms. The highest BCUT2D eigenvalue weighted by molar-refractivity contribution is 7.18. The Morgan fingerprint density at radius 3 is 2.76 bits per heavy atom. The zero-order valence-electron chi connectivity index (χ0n) is 11.0. The van der Waals surface area contributed by atoms with E-state index in [0.717, 1.165) is 27.4 Å². The molecule has 1 aromatic heterocycles. The monoisotopic (exact) mass is 304 g/mol. The number of nitrogens with one attached hydrogen (secondary N) is 1. The van der Waals surface area contributed by atoms with Crippen LogP contribution in [-0.4, -0.2) is 10.9 Å². The van der Waals surface area contributed by atoms with Gasteiger partial charge in [0.15, 0.2) is 0 Å². The number of halogens is 2. The highest BCUT2D eigenvalue weighted by Crippen LogP contribution is 2.25. The minimum atomic E-state index is -0.887. The summed E-state index contributed by atoms with van der Waals surface area (Å²) in [5, 5.41) is 3.53. The van der Waals surface area contributed by atoms with E-state index in [-0.39, 0.29) is 5.56 Å². The van der Waals surface area contributed by atoms with Crippen molar-refractivity contribution < 1.29 is 13.6 Å². The smallest absolute Gasteiger partial charge is 0.258 e. The van der Waals surface area contributed by atoms with E-state index in [1.165, 1.54) is 11.3 Å². The van der Waals surface area contributed by atoms with Crippen molar-refractivity contribution in [2.45, 2.75) is 6.92 Å². The van der Waals surface area contributed by atoms with Crippen LogP contribution in [0.5, 0.6) is 0 Å². The number of aryl methyl sites for hydroxylation is 1. The summed E-state index contributed by atoms with van der Waals surface area (Å²) in [5.74, 6) is -2.22. The summed E-state index contributed by atoms with van der Waals surface area (Å²) in [7, 11) is 0. The molecule has 106 valence electrons. The van der Waals surface area contributed by atoms with Gasteiger partial charge in [-0.25, -0.2) is 13.8 Å². The van der Waals surface area contributed by atoms with Crippen LogP contribution in [0.4, 0.5) is 14.5 Å². The normalized spacial score (nSPS) is 10.8. The molecule has 0 fully saturated rings. The molecule has 0 saturated carbocycles. The predicted molar refractivity (Wildman–Crippen MR) is 78.7 cm³/mol. The second kappa shape index (κ2) is 5.21. The Morgan fingerprint density at radius 2 is 2.00 bits per heavy atom. The zero-order chi connectivity index (χ0) is 15.0. The molecule has 0 bridgehead atoms. The summed E-state index contributed by atoms with van der Waals surface area (Å²) < 4.78 is 27.3. The fraction of sp³-hybridized carbons (Fsp3) is 0.0667. The van der Waals surface area contributed by atoms with Gasteiger partial charge in [0.1, 0.15) is 11.6 Å². The predicted octanol–water partition coefficient (Wildman–Crippen LogP) is 4.14. The van der Waals surface area contributed by atoms with Gasteiger partial charge in [0.05, 0.1) is 20.8 Å². The fourth-order valence-corrected chi connectivity index (χ4v) is 2.86. The Morgan fingerprint density at radius 1 is 1.19 bits per heavy atom. The lowest BCUT2D eigenvalue weighted by Crippen LogP contribution is -2.13. The molecule has 0 unspecified atom stereocenters. The average Bonchev–Trinajstić information content (AvgIpc) is 2.77. The average molecular weight is 304 g/mol. The van der Waals surface area contributed by atoms with Crippen molar-refractivity contribution in [1.29, 1.82) is 0 Å². The van der Waals surface area contributed by atoms with Gasteiger partial charge in [0, 0.05) is 11.8 Å². The number of fused-ring (bicyclic) bond motifs is 1. The van der Waals surface area contributed by atoms with Crippen LogP contribution in [0.25, 0.3) is 10.2 Å². The third-order valence-corrected chi connectivity index (χ3v) is 3.86. The van der Waals surface area contributed by atoms with Gasteiger partial charge in [-0.05, 0) is 37.3 Å². The summed E-state index contributed by atoms with van der Waals surface area (Å²) >= 11 is 1.51. The number of carbonyl (C=O) groups excluding carboxylic acids is 1. The van der Waals surface area contributed by atoms with Crippen LogP contribution in [-0.2, 0) is 0 Å². The molecule has 0 aliphatic carbocycles. The maximum atomic E-state index is 13.6. The third-order valence-electron chi connectivity index (χ3n) is 2.93. The highest BCUT2D eigenvalue weighted by Gasteiger charge is 2.13. The molecule has 0 aliphatic rings. The van der Waals surface area contributed by atoms with Crippen molar-refractivity contribution in [3.8, 4) is 0 Å².